The highest BCUT2D eigenvalue weighted by Gasteiger charge is 2.11. The van der Waals surface area contributed by atoms with Crippen LogP contribution >= 0.6 is 0 Å². The average molecular weight is 230 g/mol. The predicted octanol–water partition coefficient (Wildman–Crippen LogP) is -2.30. The summed E-state index contributed by atoms with van der Waals surface area (Å²) in [4.78, 5) is 33.1. The van der Waals surface area contributed by atoms with Gasteiger partial charge < -0.3 is 21.7 Å². The van der Waals surface area contributed by atoms with Crippen molar-refractivity contribution in [3.8, 4) is 0 Å². The van der Waals surface area contributed by atoms with E-state index in [9.17, 15) is 14.4 Å². The van der Waals surface area contributed by atoms with Gasteiger partial charge in [0.1, 0.15) is 0 Å². The largest absolute Gasteiger partial charge is 0.356 e. The van der Waals surface area contributed by atoms with Crippen molar-refractivity contribution in [2.45, 2.75) is 13.3 Å². The van der Waals surface area contributed by atoms with Crippen LogP contribution in [0.2, 0.25) is 0 Å². The number of nitrogens with two attached hydrogens (primary N) is 1. The van der Waals surface area contributed by atoms with Gasteiger partial charge in [-0.2, -0.15) is 0 Å². The molecule has 5 N–H and O–H groups in total. The van der Waals surface area contributed by atoms with Crippen molar-refractivity contribution in [2.24, 2.45) is 5.73 Å². The van der Waals surface area contributed by atoms with Crippen molar-refractivity contribution in [1.82, 2.24) is 16.0 Å². The van der Waals surface area contributed by atoms with Crippen LogP contribution in [0.25, 0.3) is 0 Å². The van der Waals surface area contributed by atoms with Crippen LogP contribution in [-0.2, 0) is 14.4 Å². The molecule has 0 atom stereocenters. The third-order valence-electron chi connectivity index (χ3n) is 1.65. The Labute approximate surface area is 94.1 Å². The van der Waals surface area contributed by atoms with Crippen molar-refractivity contribution >= 4 is 17.7 Å². The van der Waals surface area contributed by atoms with Crippen LogP contribution in [0.15, 0.2) is 0 Å². The summed E-state index contributed by atoms with van der Waals surface area (Å²) >= 11 is 0. The Hall–Kier alpha value is -1.63. The fourth-order valence-corrected chi connectivity index (χ4v) is 0.921. The van der Waals surface area contributed by atoms with Crippen LogP contribution in [0.3, 0.4) is 0 Å². The molecule has 7 nitrogen and oxygen atoms in total. The molecule has 0 aromatic rings. The van der Waals surface area contributed by atoms with E-state index in [1.165, 1.54) is 0 Å². The van der Waals surface area contributed by atoms with Gasteiger partial charge >= 0.3 is 11.8 Å². The number of amides is 3. The lowest BCUT2D eigenvalue weighted by atomic mass is 10.4. The van der Waals surface area contributed by atoms with Gasteiger partial charge in [0.05, 0.1) is 0 Å². The van der Waals surface area contributed by atoms with Crippen LogP contribution in [0, 0.1) is 0 Å². The standard InChI is InChI=1S/C9H18N4O3/c1-2-11-7(14)3-5-12-8(15)9(16)13-6-4-10/h2-6,10H2,1H3,(H,11,14)(H,12,15)(H,13,16). The van der Waals surface area contributed by atoms with Crippen LogP contribution in [0.5, 0.6) is 0 Å². The Balaban J connectivity index is 3.64. The molecular weight excluding hydrogens is 212 g/mol. The van der Waals surface area contributed by atoms with E-state index in [4.69, 9.17) is 5.73 Å². The highest BCUT2D eigenvalue weighted by atomic mass is 16.2. The summed E-state index contributed by atoms with van der Waals surface area (Å²) < 4.78 is 0. The third kappa shape index (κ3) is 6.77. The zero-order valence-corrected chi connectivity index (χ0v) is 9.34. The Morgan fingerprint density at radius 3 is 2.06 bits per heavy atom. The van der Waals surface area contributed by atoms with Crippen molar-refractivity contribution in [2.75, 3.05) is 26.2 Å². The number of rotatable bonds is 6. The van der Waals surface area contributed by atoms with Gasteiger partial charge in [-0.15, -0.1) is 0 Å². The van der Waals surface area contributed by atoms with Gasteiger partial charge in [-0.3, -0.25) is 14.4 Å². The molecular formula is C9H18N4O3. The molecule has 0 unspecified atom stereocenters. The van der Waals surface area contributed by atoms with Crippen molar-refractivity contribution in [1.29, 1.82) is 0 Å². The predicted molar refractivity (Wildman–Crippen MR) is 58.4 cm³/mol. The number of hydrogen-bond acceptors (Lipinski definition) is 4. The molecule has 92 valence electrons. The first-order valence-electron chi connectivity index (χ1n) is 5.14. The molecule has 0 aromatic heterocycles. The second-order valence-corrected chi connectivity index (χ2v) is 3.00. The average Bonchev–Trinajstić information content (AvgIpc) is 2.26. The molecule has 0 rings (SSSR count). The van der Waals surface area contributed by atoms with Gasteiger partial charge in [-0.25, -0.2) is 0 Å². The fourth-order valence-electron chi connectivity index (χ4n) is 0.921. The van der Waals surface area contributed by atoms with E-state index in [2.05, 4.69) is 16.0 Å². The highest BCUT2D eigenvalue weighted by molar-refractivity contribution is 6.35. The van der Waals surface area contributed by atoms with E-state index in [0.29, 0.717) is 6.54 Å². The lowest BCUT2D eigenvalue weighted by Gasteiger charge is -2.05. The Kier molecular flexibility index (Phi) is 7.78. The number of carbonyl (C=O) groups is 3. The summed E-state index contributed by atoms with van der Waals surface area (Å²) in [7, 11) is 0. The molecule has 0 saturated heterocycles. The molecule has 0 fully saturated rings. The molecule has 7 heteroatoms. The van der Waals surface area contributed by atoms with E-state index in [1.807, 2.05) is 0 Å². The zero-order chi connectivity index (χ0) is 12.4. The Morgan fingerprint density at radius 1 is 1.00 bits per heavy atom. The van der Waals surface area contributed by atoms with E-state index >= 15 is 0 Å². The zero-order valence-electron chi connectivity index (χ0n) is 9.34. The van der Waals surface area contributed by atoms with Crippen molar-refractivity contribution in [3.63, 3.8) is 0 Å². The fraction of sp³-hybridized carbons (Fsp3) is 0.667. The van der Waals surface area contributed by atoms with Gasteiger partial charge in [-0.1, -0.05) is 0 Å². The molecule has 16 heavy (non-hydrogen) atoms. The van der Waals surface area contributed by atoms with Crippen LogP contribution in [0.1, 0.15) is 13.3 Å². The molecule has 3 amide bonds. The first kappa shape index (κ1) is 14.4. The van der Waals surface area contributed by atoms with E-state index < -0.39 is 11.8 Å². The second-order valence-electron chi connectivity index (χ2n) is 3.00. The monoisotopic (exact) mass is 230 g/mol. The maximum absolute atomic E-state index is 11.1. The molecule has 0 spiro atoms. The van der Waals surface area contributed by atoms with Crippen LogP contribution in [0.4, 0.5) is 0 Å². The molecule has 0 aliphatic heterocycles. The lowest BCUT2D eigenvalue weighted by molar-refractivity contribution is -0.139. The van der Waals surface area contributed by atoms with Gasteiger partial charge in [0.15, 0.2) is 0 Å². The van der Waals surface area contributed by atoms with Gasteiger partial charge in [0.25, 0.3) is 0 Å². The quantitative estimate of drug-likeness (QED) is 0.384. The second kappa shape index (κ2) is 8.66. The normalized spacial score (nSPS) is 9.38. The van der Waals surface area contributed by atoms with Crippen molar-refractivity contribution < 1.29 is 14.4 Å². The number of hydrogen-bond donors (Lipinski definition) is 4. The molecule has 0 bridgehead atoms. The minimum absolute atomic E-state index is 0.140. The molecule has 0 aromatic carbocycles. The molecule has 0 aliphatic rings. The Bertz CT molecular complexity index is 255. The Morgan fingerprint density at radius 2 is 1.56 bits per heavy atom. The van der Waals surface area contributed by atoms with Crippen LogP contribution < -0.4 is 21.7 Å². The SMILES string of the molecule is CCNC(=O)CCNC(=O)C(=O)NCCN. The summed E-state index contributed by atoms with van der Waals surface area (Å²) in [6, 6.07) is 0. The van der Waals surface area contributed by atoms with E-state index in [-0.39, 0.29) is 32.0 Å². The van der Waals surface area contributed by atoms with Gasteiger partial charge in [0.2, 0.25) is 5.91 Å². The maximum atomic E-state index is 11.1. The van der Waals surface area contributed by atoms with Gasteiger partial charge in [-0.05, 0) is 6.92 Å². The number of carbonyl (C=O) groups excluding carboxylic acids is 3. The minimum atomic E-state index is -0.752. The minimum Gasteiger partial charge on any atom is -0.356 e. The molecule has 0 saturated carbocycles. The smallest absolute Gasteiger partial charge is 0.309 e. The lowest BCUT2D eigenvalue weighted by Crippen LogP contribution is -2.42. The first-order valence-corrected chi connectivity index (χ1v) is 5.14. The summed E-state index contributed by atoms with van der Waals surface area (Å²) in [5, 5.41) is 7.22. The molecule has 0 radical (unpaired) electrons. The summed E-state index contributed by atoms with van der Waals surface area (Å²) in [5.74, 6) is -1.65. The molecule has 0 aliphatic carbocycles. The summed E-state index contributed by atoms with van der Waals surface area (Å²) in [5.41, 5.74) is 5.15. The third-order valence-corrected chi connectivity index (χ3v) is 1.65. The molecule has 0 heterocycles. The first-order chi connectivity index (χ1) is 7.61. The van der Waals surface area contributed by atoms with Gasteiger partial charge in [0, 0.05) is 32.6 Å². The highest BCUT2D eigenvalue weighted by Crippen LogP contribution is 1.77. The van der Waals surface area contributed by atoms with E-state index in [1.54, 1.807) is 6.92 Å². The summed E-state index contributed by atoms with van der Waals surface area (Å²) in [6.07, 6.45) is 0.156. The van der Waals surface area contributed by atoms with Crippen molar-refractivity contribution in [3.05, 3.63) is 0 Å². The maximum Gasteiger partial charge on any atom is 0.309 e. The summed E-state index contributed by atoms with van der Waals surface area (Å²) in [6.45, 7) is 3.02. The number of nitrogens with one attached hydrogen (secondary N) is 3. The van der Waals surface area contributed by atoms with Crippen LogP contribution in [-0.4, -0.2) is 43.9 Å². The topological polar surface area (TPSA) is 113 Å². The van der Waals surface area contributed by atoms with E-state index in [0.717, 1.165) is 0 Å².